The van der Waals surface area contributed by atoms with Crippen LogP contribution in [-0.2, 0) is 16.0 Å². The molecule has 0 radical (unpaired) electrons. The summed E-state index contributed by atoms with van der Waals surface area (Å²) in [4.78, 5) is 26.9. The normalized spacial score (nSPS) is 11.2. The maximum Gasteiger partial charge on any atom is 0.238 e. The van der Waals surface area contributed by atoms with Gasteiger partial charge in [-0.3, -0.25) is 14.5 Å². The molecule has 5 nitrogen and oxygen atoms in total. The number of carbonyl (C=O) groups is 2. The third-order valence-corrected chi connectivity index (χ3v) is 5.14. The predicted molar refractivity (Wildman–Crippen MR) is 125 cm³/mol. The minimum atomic E-state index is -0.128. The van der Waals surface area contributed by atoms with Gasteiger partial charge in [-0.05, 0) is 48.1 Å². The molecule has 2 amide bonds. The van der Waals surface area contributed by atoms with Gasteiger partial charge in [0.1, 0.15) is 0 Å². The third kappa shape index (κ3) is 6.42. The van der Waals surface area contributed by atoms with Crippen LogP contribution in [0.5, 0.6) is 0 Å². The second-order valence-corrected chi connectivity index (χ2v) is 8.40. The number of nitrogens with one attached hydrogen (secondary N) is 2. The van der Waals surface area contributed by atoms with Crippen molar-refractivity contribution in [1.82, 2.24) is 4.90 Å². The highest BCUT2D eigenvalue weighted by atomic mass is 16.2. The first-order valence-corrected chi connectivity index (χ1v) is 10.7. The summed E-state index contributed by atoms with van der Waals surface area (Å²) in [5, 5.41) is 6.05. The van der Waals surface area contributed by atoms with Crippen LogP contribution in [0.4, 0.5) is 11.4 Å². The summed E-state index contributed by atoms with van der Waals surface area (Å²) < 4.78 is 0. The van der Waals surface area contributed by atoms with Crippen LogP contribution in [0.25, 0.3) is 0 Å². The summed E-state index contributed by atoms with van der Waals surface area (Å²) in [6.45, 7) is 10.8. The van der Waals surface area contributed by atoms with E-state index < -0.39 is 0 Å². The van der Waals surface area contributed by atoms with Crippen molar-refractivity contribution in [2.75, 3.05) is 30.8 Å². The Hall–Kier alpha value is -2.66. The quantitative estimate of drug-likeness (QED) is 0.612. The zero-order valence-corrected chi connectivity index (χ0v) is 19.1. The van der Waals surface area contributed by atoms with E-state index in [-0.39, 0.29) is 24.9 Å². The molecule has 0 aromatic heterocycles. The third-order valence-electron chi connectivity index (χ3n) is 5.14. The summed E-state index contributed by atoms with van der Waals surface area (Å²) in [7, 11) is 1.78. The molecule has 0 aliphatic rings. The van der Waals surface area contributed by atoms with Crippen LogP contribution >= 0.6 is 0 Å². The van der Waals surface area contributed by atoms with E-state index in [0.29, 0.717) is 11.8 Å². The van der Waals surface area contributed by atoms with Gasteiger partial charge in [0.15, 0.2) is 0 Å². The van der Waals surface area contributed by atoms with Gasteiger partial charge in [0.05, 0.1) is 13.1 Å². The van der Waals surface area contributed by atoms with Gasteiger partial charge >= 0.3 is 0 Å². The van der Waals surface area contributed by atoms with Crippen LogP contribution in [0.15, 0.2) is 42.5 Å². The van der Waals surface area contributed by atoms with Gasteiger partial charge in [-0.1, -0.05) is 71.0 Å². The minimum absolute atomic E-state index is 0.116. The van der Waals surface area contributed by atoms with Gasteiger partial charge in [0.2, 0.25) is 11.8 Å². The number of likely N-dealkylation sites (N-methyl/N-ethyl adjacent to an activating group) is 1. The smallest absolute Gasteiger partial charge is 0.238 e. The number of rotatable bonds is 9. The second kappa shape index (κ2) is 10.9. The lowest BCUT2D eigenvalue weighted by Gasteiger charge is -2.22. The van der Waals surface area contributed by atoms with Crippen molar-refractivity contribution >= 4 is 23.2 Å². The number of carbonyl (C=O) groups excluding carboxylic acids is 2. The number of aryl methyl sites for hydroxylation is 1. The molecule has 0 bridgehead atoms. The van der Waals surface area contributed by atoms with E-state index in [0.717, 1.165) is 34.5 Å². The Balaban J connectivity index is 2.01. The standard InChI is InChI=1S/C25H35N3O2/c1-7-19-11-8-9-14-22(19)26-23(29)15-28(6)16-24(30)27-25-20(17(2)3)12-10-13-21(25)18(4)5/h8-14,17-18H,7,15-16H2,1-6H3,(H,26,29)(H,27,30). The van der Waals surface area contributed by atoms with Crippen molar-refractivity contribution in [3.63, 3.8) is 0 Å². The van der Waals surface area contributed by atoms with E-state index in [9.17, 15) is 9.59 Å². The number of benzene rings is 2. The second-order valence-electron chi connectivity index (χ2n) is 8.40. The number of anilines is 2. The first kappa shape index (κ1) is 23.6. The zero-order valence-electron chi connectivity index (χ0n) is 19.1. The molecule has 30 heavy (non-hydrogen) atoms. The van der Waals surface area contributed by atoms with Gasteiger partial charge in [0, 0.05) is 11.4 Å². The van der Waals surface area contributed by atoms with Gasteiger partial charge in [-0.2, -0.15) is 0 Å². The average molecular weight is 410 g/mol. The van der Waals surface area contributed by atoms with Gasteiger partial charge in [-0.25, -0.2) is 0 Å². The monoisotopic (exact) mass is 409 g/mol. The van der Waals surface area contributed by atoms with Crippen LogP contribution in [0, 0.1) is 0 Å². The Morgan fingerprint density at radius 1 is 0.833 bits per heavy atom. The van der Waals surface area contributed by atoms with E-state index in [1.165, 1.54) is 0 Å². The molecule has 2 aromatic carbocycles. The van der Waals surface area contributed by atoms with E-state index in [4.69, 9.17) is 0 Å². The molecule has 162 valence electrons. The molecule has 2 N–H and O–H groups in total. The molecule has 5 heteroatoms. The van der Waals surface area contributed by atoms with Crippen molar-refractivity contribution in [3.05, 3.63) is 59.2 Å². The minimum Gasteiger partial charge on any atom is -0.325 e. The van der Waals surface area contributed by atoms with E-state index in [1.807, 2.05) is 30.3 Å². The number of nitrogens with zero attached hydrogens (tertiary/aromatic N) is 1. The number of para-hydroxylation sites is 2. The molecule has 2 rings (SSSR count). The largest absolute Gasteiger partial charge is 0.325 e. The fraction of sp³-hybridized carbons (Fsp3) is 0.440. The SMILES string of the molecule is CCc1ccccc1NC(=O)CN(C)CC(=O)Nc1c(C(C)C)cccc1C(C)C. The molecule has 0 fully saturated rings. The van der Waals surface area contributed by atoms with E-state index in [1.54, 1.807) is 11.9 Å². The lowest BCUT2D eigenvalue weighted by molar-refractivity contribution is -0.119. The summed E-state index contributed by atoms with van der Waals surface area (Å²) in [5.41, 5.74) is 5.09. The number of hydrogen-bond donors (Lipinski definition) is 2. The summed E-state index contributed by atoms with van der Waals surface area (Å²) in [5.74, 6) is 0.369. The fourth-order valence-corrected chi connectivity index (χ4v) is 3.56. The van der Waals surface area contributed by atoms with Crippen molar-refractivity contribution in [3.8, 4) is 0 Å². The molecular formula is C25H35N3O2. The lowest BCUT2D eigenvalue weighted by Crippen LogP contribution is -2.36. The number of amides is 2. The van der Waals surface area contributed by atoms with Gasteiger partial charge < -0.3 is 10.6 Å². The van der Waals surface area contributed by atoms with Crippen LogP contribution < -0.4 is 10.6 Å². The molecule has 0 saturated heterocycles. The first-order valence-electron chi connectivity index (χ1n) is 10.7. The topological polar surface area (TPSA) is 61.4 Å². The fourth-order valence-electron chi connectivity index (χ4n) is 3.56. The van der Waals surface area contributed by atoms with Crippen LogP contribution in [-0.4, -0.2) is 36.9 Å². The molecule has 0 aliphatic heterocycles. The molecule has 0 unspecified atom stereocenters. The molecule has 0 aliphatic carbocycles. The Morgan fingerprint density at radius 2 is 1.37 bits per heavy atom. The Bertz CT molecular complexity index is 848. The number of hydrogen-bond acceptors (Lipinski definition) is 3. The van der Waals surface area contributed by atoms with Crippen LogP contribution in [0.3, 0.4) is 0 Å². The highest BCUT2D eigenvalue weighted by Crippen LogP contribution is 2.32. The van der Waals surface area contributed by atoms with Crippen LogP contribution in [0.2, 0.25) is 0 Å². The van der Waals surface area contributed by atoms with Crippen LogP contribution in [0.1, 0.15) is 63.1 Å². The predicted octanol–water partition coefficient (Wildman–Crippen LogP) is 5.00. The lowest BCUT2D eigenvalue weighted by atomic mass is 9.92. The molecular weight excluding hydrogens is 374 g/mol. The van der Waals surface area contributed by atoms with Crippen molar-refractivity contribution < 1.29 is 9.59 Å². The molecule has 0 saturated carbocycles. The van der Waals surface area contributed by atoms with Crippen molar-refractivity contribution in [2.24, 2.45) is 0 Å². The maximum absolute atomic E-state index is 12.7. The first-order chi connectivity index (χ1) is 14.2. The van der Waals surface area contributed by atoms with Crippen molar-refractivity contribution in [1.29, 1.82) is 0 Å². The summed E-state index contributed by atoms with van der Waals surface area (Å²) in [6.07, 6.45) is 0.849. The molecule has 0 heterocycles. The van der Waals surface area contributed by atoms with Gasteiger partial charge in [0.25, 0.3) is 0 Å². The van der Waals surface area contributed by atoms with E-state index >= 15 is 0 Å². The average Bonchev–Trinajstić information content (AvgIpc) is 2.67. The van der Waals surface area contributed by atoms with E-state index in [2.05, 4.69) is 57.4 Å². The Kier molecular flexibility index (Phi) is 8.60. The van der Waals surface area contributed by atoms with Gasteiger partial charge in [-0.15, -0.1) is 0 Å². The molecule has 0 spiro atoms. The zero-order chi connectivity index (χ0) is 22.3. The highest BCUT2D eigenvalue weighted by Gasteiger charge is 2.17. The Morgan fingerprint density at radius 3 is 1.90 bits per heavy atom. The van der Waals surface area contributed by atoms with Crippen molar-refractivity contribution in [2.45, 2.75) is 52.9 Å². The highest BCUT2D eigenvalue weighted by molar-refractivity contribution is 5.96. The maximum atomic E-state index is 12.7. The summed E-state index contributed by atoms with van der Waals surface area (Å²) in [6, 6.07) is 14.0. The molecule has 2 aromatic rings. The molecule has 0 atom stereocenters. The summed E-state index contributed by atoms with van der Waals surface area (Å²) >= 11 is 0. The Labute approximate surface area is 180 Å².